The van der Waals surface area contributed by atoms with Gasteiger partial charge in [-0.2, -0.15) is 24.3 Å². The Morgan fingerprint density at radius 1 is 0.244 bits per heavy atom. The second kappa shape index (κ2) is 50.0. The summed E-state index contributed by atoms with van der Waals surface area (Å²) in [6, 6.07) is 150. The van der Waals surface area contributed by atoms with E-state index in [1.165, 1.54) is 72.3 Å². The average Bonchev–Trinajstić information content (AvgIpc) is 0.820. The zero-order valence-electron chi connectivity index (χ0n) is 66.8. The molecule has 0 aliphatic carbocycles. The number of aryl methyl sites for hydroxylation is 4. The fourth-order valence-corrected chi connectivity index (χ4v) is 12.4. The van der Waals surface area contributed by atoms with E-state index >= 15 is 0 Å². The van der Waals surface area contributed by atoms with Crippen LogP contribution in [0.5, 0.6) is 0 Å². The predicted molar refractivity (Wildman–Crippen MR) is 475 cm³/mol. The van der Waals surface area contributed by atoms with Gasteiger partial charge in [-0.25, -0.2) is 11.1 Å². The molecule has 0 atom stereocenters. The van der Waals surface area contributed by atoms with Gasteiger partial charge in [0.25, 0.3) is 0 Å². The summed E-state index contributed by atoms with van der Waals surface area (Å²) in [6.07, 6.45) is 10.9. The number of pyridine rings is 6. The number of hydrogen-bond acceptors (Lipinski definition) is 6. The Kier molecular flexibility index (Phi) is 38.9. The molecule has 0 aliphatic rings. The van der Waals surface area contributed by atoms with E-state index < -0.39 is 0 Å². The van der Waals surface area contributed by atoms with E-state index in [0.717, 1.165) is 78.7 Å². The summed E-state index contributed by atoms with van der Waals surface area (Å²) in [5, 5.41) is 0. The van der Waals surface area contributed by atoms with E-state index in [1.54, 1.807) is 24.8 Å². The van der Waals surface area contributed by atoms with E-state index in [9.17, 15) is 0 Å². The fraction of sp³-hybridized carbons (Fsp3) is 0.0642. The third-order valence-corrected chi connectivity index (χ3v) is 18.3. The summed E-state index contributed by atoms with van der Waals surface area (Å²) < 4.78 is 0. The van der Waals surface area contributed by atoms with Crippen LogP contribution >= 0.6 is 0 Å². The molecule has 6 aromatic heterocycles. The minimum absolute atomic E-state index is 0. The van der Waals surface area contributed by atoms with Gasteiger partial charge in [0.05, 0.1) is 0 Å². The second-order valence-electron chi connectivity index (χ2n) is 27.1. The van der Waals surface area contributed by atoms with E-state index in [2.05, 4.69) is 272 Å². The first kappa shape index (κ1) is 92.6. The van der Waals surface area contributed by atoms with Gasteiger partial charge in [-0.15, -0.1) is 237 Å². The average molecular weight is 2250 g/mol. The largest absolute Gasteiger partial charge is 3.00 e. The molecule has 0 aliphatic heterocycles. The first-order valence-corrected chi connectivity index (χ1v) is 38.3. The van der Waals surface area contributed by atoms with E-state index in [-0.39, 0.29) is 80.4 Å². The number of aromatic nitrogens is 6. The van der Waals surface area contributed by atoms with Gasteiger partial charge in [0, 0.05) is 97.5 Å². The van der Waals surface area contributed by atoms with Crippen LogP contribution < -0.4 is 0 Å². The molecule has 0 saturated carbocycles. The Hall–Kier alpha value is -11.9. The van der Waals surface area contributed by atoms with Crippen molar-refractivity contribution >= 4 is 0 Å². The minimum atomic E-state index is 0. The number of rotatable bonds is 12. The summed E-state index contributed by atoms with van der Waals surface area (Å²) in [6.45, 7) is 12.8. The third kappa shape index (κ3) is 28.7. The standard InChI is InChI=1S/C21H18.C20H18N.2C17H12N.C12H10N.2C11H8N.4Ir/c1-15-11-16(2)13-20(12-15)19-9-10-21(17(3)14-19)18-7-5-4-6-8-18;1-15(2)17-11-12-21-20(14-17)19-10-6-9-18(13-19)16-7-4-3-5-8-16;1-2-7-14(8-3-1)15-9-6-10-16(13-15)17-11-4-5-12-18-17;1-2-6-14(7-3-1)15-9-11-16(12-10-15)17-8-4-5-13-18-17;1-10-6-5-9-13-12(10)11-7-3-2-4-8-11;2*1-2-6-10(7-3-1)11-8-4-5-9-12-11;;;;/h4-8,10-12,14H,1-3H3;3-9,11-15H,1-2H3;1-9,11-13H;1-11,13H;2-7,9H,1H3;2*1-6,8-9H;;;;/q-2;6*-1;;;;+3. The van der Waals surface area contributed by atoms with Crippen LogP contribution in [0.15, 0.2) is 407 Å². The molecule has 593 valence electrons. The molecule has 6 heterocycles. The van der Waals surface area contributed by atoms with Gasteiger partial charge in [-0.1, -0.05) is 250 Å². The van der Waals surface area contributed by atoms with Crippen LogP contribution in [0.4, 0.5) is 0 Å². The van der Waals surface area contributed by atoms with Crippen molar-refractivity contribution in [3.8, 4) is 123 Å². The van der Waals surface area contributed by atoms with Gasteiger partial charge in [0.2, 0.25) is 0 Å². The van der Waals surface area contributed by atoms with Crippen molar-refractivity contribution in [1.82, 2.24) is 29.9 Å². The van der Waals surface area contributed by atoms with E-state index in [1.807, 2.05) is 231 Å². The maximum absolute atomic E-state index is 4.50. The molecule has 0 N–H and O–H groups in total. The Morgan fingerprint density at radius 2 is 0.647 bits per heavy atom. The topological polar surface area (TPSA) is 77.3 Å². The van der Waals surface area contributed by atoms with Gasteiger partial charge < -0.3 is 29.9 Å². The first-order valence-electron chi connectivity index (χ1n) is 38.3. The van der Waals surface area contributed by atoms with Crippen molar-refractivity contribution in [1.29, 1.82) is 0 Å². The van der Waals surface area contributed by atoms with Crippen molar-refractivity contribution in [2.45, 2.75) is 47.5 Å². The Bertz CT molecular complexity index is 5590. The van der Waals surface area contributed by atoms with E-state index in [4.69, 9.17) is 0 Å². The van der Waals surface area contributed by atoms with Crippen molar-refractivity contribution in [3.63, 3.8) is 0 Å². The smallest absolute Gasteiger partial charge is 0.305 e. The van der Waals surface area contributed by atoms with Crippen LogP contribution in [0.2, 0.25) is 0 Å². The third-order valence-electron chi connectivity index (χ3n) is 18.3. The molecular formula is C109H86Ir4N6-5. The van der Waals surface area contributed by atoms with Gasteiger partial charge in [0.1, 0.15) is 0 Å². The molecule has 0 bridgehead atoms. The second-order valence-corrected chi connectivity index (χ2v) is 27.1. The Morgan fingerprint density at radius 3 is 1.07 bits per heavy atom. The van der Waals surface area contributed by atoms with Crippen molar-refractivity contribution in [3.05, 3.63) is 484 Å². The normalized spacial score (nSPS) is 9.91. The molecule has 18 aromatic rings. The number of hydrogen-bond donors (Lipinski definition) is 0. The van der Waals surface area contributed by atoms with Crippen LogP contribution in [-0.2, 0) is 80.4 Å². The van der Waals surface area contributed by atoms with Crippen LogP contribution in [-0.4, -0.2) is 29.9 Å². The first-order chi connectivity index (χ1) is 56.5. The number of nitrogens with zero attached hydrogens (tertiary/aromatic N) is 6. The van der Waals surface area contributed by atoms with Crippen LogP contribution in [0, 0.1) is 76.2 Å². The maximum atomic E-state index is 4.50. The SMILES string of the molecule is CC(C)c1ccnc(-c2[c-]ccc(-c3ccccc3)c2)c1.Cc1[c-]c(-c2[c-]cc(-c3ccccc3)c(C)c2)cc(C)c1.Cc1cccnc1-c1[c-]cccc1.[Ir+3].[Ir].[Ir].[Ir].[c-]1cc(-c2ccccc2)ccc1-c1ccccn1.[c-]1ccc(-c2ccccc2)cc1-c1ccccn1.[c-]1ccccc1-c1ccccn1.[c-]1ccccc1-c1ccccn1. The summed E-state index contributed by atoms with van der Waals surface area (Å²) >= 11 is 0. The molecule has 18 rings (SSSR count). The summed E-state index contributed by atoms with van der Waals surface area (Å²) in [7, 11) is 0. The van der Waals surface area contributed by atoms with Crippen molar-refractivity contribution < 1.29 is 80.4 Å². The molecule has 0 spiro atoms. The van der Waals surface area contributed by atoms with Crippen LogP contribution in [0.1, 0.15) is 47.6 Å². The molecular weight excluding hydrogens is 2160 g/mol. The zero-order valence-corrected chi connectivity index (χ0v) is 76.4. The molecule has 0 saturated heterocycles. The molecule has 6 nitrogen and oxygen atoms in total. The quantitative estimate of drug-likeness (QED) is 0.113. The zero-order chi connectivity index (χ0) is 79.4. The van der Waals surface area contributed by atoms with Crippen molar-refractivity contribution in [2.75, 3.05) is 0 Å². The molecule has 3 radical (unpaired) electrons. The number of benzene rings is 12. The molecule has 12 aromatic carbocycles. The predicted octanol–water partition coefficient (Wildman–Crippen LogP) is 27.3. The molecule has 119 heavy (non-hydrogen) atoms. The maximum Gasteiger partial charge on any atom is 3.00 e. The monoisotopic (exact) mass is 2250 g/mol. The molecule has 0 fully saturated rings. The molecule has 10 heteroatoms. The summed E-state index contributed by atoms with van der Waals surface area (Å²) in [4.78, 5) is 25.9. The summed E-state index contributed by atoms with van der Waals surface area (Å²) in [5.41, 5.74) is 30.2. The van der Waals surface area contributed by atoms with Gasteiger partial charge >= 0.3 is 20.1 Å². The van der Waals surface area contributed by atoms with E-state index in [0.29, 0.717) is 5.92 Å². The Labute approximate surface area is 757 Å². The minimum Gasteiger partial charge on any atom is -0.305 e. The van der Waals surface area contributed by atoms with Gasteiger partial charge in [0.15, 0.2) is 0 Å². The van der Waals surface area contributed by atoms with Gasteiger partial charge in [-0.3, -0.25) is 0 Å². The fourth-order valence-electron chi connectivity index (χ4n) is 12.4. The van der Waals surface area contributed by atoms with Gasteiger partial charge in [-0.05, 0) is 94.5 Å². The molecule has 0 amide bonds. The molecule has 0 unspecified atom stereocenters. The van der Waals surface area contributed by atoms with Crippen molar-refractivity contribution in [2.24, 2.45) is 0 Å². The summed E-state index contributed by atoms with van der Waals surface area (Å²) in [5.74, 6) is 0.504. The Balaban J connectivity index is 0.000000174. The van der Waals surface area contributed by atoms with Crippen LogP contribution in [0.3, 0.4) is 0 Å². The van der Waals surface area contributed by atoms with Crippen LogP contribution in [0.25, 0.3) is 123 Å².